The Kier molecular flexibility index (Phi) is 5.97. The molecule has 7 nitrogen and oxygen atoms in total. The molecule has 29 heavy (non-hydrogen) atoms. The molecule has 0 saturated heterocycles. The third kappa shape index (κ3) is 4.29. The molecule has 0 bridgehead atoms. The van der Waals surface area contributed by atoms with Crippen LogP contribution in [0.3, 0.4) is 0 Å². The lowest BCUT2D eigenvalue weighted by Crippen LogP contribution is -2.19. The standard InChI is InChI=1S/C22H22N2O5/c1-22(2,15-10-6-5-7-11-15)20-23-24-21(29-20)28-18-13-9-8-12-16(18)17(14-26-3)19(25)27-4/h5-14H,1-4H3/b17-14-. The third-order valence-corrected chi connectivity index (χ3v) is 4.45. The number of para-hydroxylation sites is 1. The highest BCUT2D eigenvalue weighted by Crippen LogP contribution is 2.34. The predicted molar refractivity (Wildman–Crippen MR) is 106 cm³/mol. The molecule has 3 aromatic rings. The van der Waals surface area contributed by atoms with E-state index < -0.39 is 11.4 Å². The Hall–Kier alpha value is -3.61. The predicted octanol–water partition coefficient (Wildman–Crippen LogP) is 4.35. The smallest absolute Gasteiger partial charge is 0.420 e. The number of ether oxygens (including phenoxy) is 3. The molecule has 0 amide bonds. The maximum absolute atomic E-state index is 12.1. The fraction of sp³-hybridized carbons (Fsp3) is 0.227. The maximum atomic E-state index is 12.1. The zero-order valence-corrected chi connectivity index (χ0v) is 16.7. The number of aromatic nitrogens is 2. The van der Waals surface area contributed by atoms with Crippen molar-refractivity contribution >= 4 is 11.5 Å². The summed E-state index contributed by atoms with van der Waals surface area (Å²) in [5.41, 5.74) is 1.22. The summed E-state index contributed by atoms with van der Waals surface area (Å²) in [7, 11) is 2.74. The monoisotopic (exact) mass is 394 g/mol. The van der Waals surface area contributed by atoms with Crippen LogP contribution >= 0.6 is 0 Å². The van der Waals surface area contributed by atoms with Gasteiger partial charge in [0.05, 0.1) is 25.9 Å². The second-order valence-corrected chi connectivity index (χ2v) is 6.72. The van der Waals surface area contributed by atoms with Crippen molar-refractivity contribution in [3.8, 4) is 11.8 Å². The van der Waals surface area contributed by atoms with Gasteiger partial charge in [-0.2, -0.15) is 0 Å². The molecule has 7 heteroatoms. The number of esters is 1. The zero-order valence-electron chi connectivity index (χ0n) is 16.7. The van der Waals surface area contributed by atoms with E-state index in [0.29, 0.717) is 17.2 Å². The van der Waals surface area contributed by atoms with Crippen molar-refractivity contribution < 1.29 is 23.4 Å². The number of rotatable bonds is 7. The number of hydrogen-bond donors (Lipinski definition) is 0. The van der Waals surface area contributed by atoms with E-state index in [2.05, 4.69) is 10.2 Å². The SMILES string of the molecule is CO/C=C(\C(=O)OC)c1ccccc1Oc1nnc(C(C)(C)c2ccccc2)o1. The summed E-state index contributed by atoms with van der Waals surface area (Å²) in [6.07, 6.45) is 1.27. The van der Waals surface area contributed by atoms with E-state index in [0.717, 1.165) is 5.56 Å². The fourth-order valence-corrected chi connectivity index (χ4v) is 2.80. The van der Waals surface area contributed by atoms with Gasteiger partial charge in [-0.05, 0) is 25.5 Å². The second-order valence-electron chi connectivity index (χ2n) is 6.72. The Morgan fingerprint density at radius 2 is 1.69 bits per heavy atom. The van der Waals surface area contributed by atoms with E-state index >= 15 is 0 Å². The number of nitrogens with zero attached hydrogens (tertiary/aromatic N) is 2. The van der Waals surface area contributed by atoms with Crippen molar-refractivity contribution in [1.29, 1.82) is 0 Å². The normalized spacial score (nSPS) is 11.8. The Morgan fingerprint density at radius 3 is 2.38 bits per heavy atom. The van der Waals surface area contributed by atoms with Crippen molar-refractivity contribution in [2.75, 3.05) is 14.2 Å². The molecular weight excluding hydrogens is 372 g/mol. The van der Waals surface area contributed by atoms with Crippen LogP contribution < -0.4 is 4.74 Å². The highest BCUT2D eigenvalue weighted by molar-refractivity contribution is 6.17. The number of methoxy groups -OCH3 is 2. The molecule has 0 aliphatic heterocycles. The molecule has 0 unspecified atom stereocenters. The van der Waals surface area contributed by atoms with Crippen LogP contribution in [0.25, 0.3) is 5.57 Å². The Balaban J connectivity index is 1.91. The quantitative estimate of drug-likeness (QED) is 0.335. The van der Waals surface area contributed by atoms with Crippen LogP contribution in [-0.2, 0) is 19.7 Å². The lowest BCUT2D eigenvalue weighted by molar-refractivity contribution is -0.133. The van der Waals surface area contributed by atoms with Gasteiger partial charge >= 0.3 is 12.0 Å². The molecular formula is C22H22N2O5. The largest absolute Gasteiger partial charge is 0.503 e. The molecule has 3 rings (SSSR count). The van der Waals surface area contributed by atoms with Crippen molar-refractivity contribution in [2.24, 2.45) is 0 Å². The average Bonchev–Trinajstić information content (AvgIpc) is 3.22. The molecule has 0 radical (unpaired) electrons. The van der Waals surface area contributed by atoms with Crippen LogP contribution in [0.15, 0.2) is 65.3 Å². The molecule has 2 aromatic carbocycles. The third-order valence-electron chi connectivity index (χ3n) is 4.45. The first-order valence-corrected chi connectivity index (χ1v) is 8.95. The van der Waals surface area contributed by atoms with E-state index in [4.69, 9.17) is 18.6 Å². The number of hydrogen-bond acceptors (Lipinski definition) is 7. The van der Waals surface area contributed by atoms with Crippen LogP contribution in [0.2, 0.25) is 0 Å². The summed E-state index contributed by atoms with van der Waals surface area (Å²) in [4.78, 5) is 12.1. The van der Waals surface area contributed by atoms with E-state index in [9.17, 15) is 4.79 Å². The summed E-state index contributed by atoms with van der Waals surface area (Å²) in [6, 6.07) is 16.8. The molecule has 0 aliphatic rings. The van der Waals surface area contributed by atoms with Crippen LogP contribution in [0.1, 0.15) is 30.9 Å². The molecule has 0 saturated carbocycles. The molecule has 0 spiro atoms. The molecule has 0 fully saturated rings. The lowest BCUT2D eigenvalue weighted by atomic mass is 9.85. The van der Waals surface area contributed by atoms with Gasteiger partial charge in [0.2, 0.25) is 5.89 Å². The van der Waals surface area contributed by atoms with Gasteiger partial charge in [0, 0.05) is 5.56 Å². The van der Waals surface area contributed by atoms with Gasteiger partial charge in [-0.3, -0.25) is 0 Å². The van der Waals surface area contributed by atoms with Crippen molar-refractivity contribution in [1.82, 2.24) is 10.2 Å². The highest BCUT2D eigenvalue weighted by Gasteiger charge is 2.30. The fourth-order valence-electron chi connectivity index (χ4n) is 2.80. The minimum atomic E-state index is -0.556. The minimum Gasteiger partial charge on any atom is -0.503 e. The molecule has 150 valence electrons. The van der Waals surface area contributed by atoms with Crippen molar-refractivity contribution in [3.63, 3.8) is 0 Å². The molecule has 0 atom stereocenters. The molecule has 0 aliphatic carbocycles. The van der Waals surface area contributed by atoms with Crippen LogP contribution in [0.5, 0.6) is 11.8 Å². The van der Waals surface area contributed by atoms with Crippen molar-refractivity contribution in [2.45, 2.75) is 19.3 Å². The summed E-state index contributed by atoms with van der Waals surface area (Å²) in [6.45, 7) is 3.98. The lowest BCUT2D eigenvalue weighted by Gasteiger charge is -2.20. The summed E-state index contributed by atoms with van der Waals surface area (Å²) in [5.74, 6) is 0.213. The first kappa shape index (κ1) is 20.1. The van der Waals surface area contributed by atoms with Gasteiger partial charge in [0.15, 0.2) is 0 Å². The van der Waals surface area contributed by atoms with Crippen LogP contribution in [-0.4, -0.2) is 30.4 Å². The van der Waals surface area contributed by atoms with E-state index in [1.165, 1.54) is 20.5 Å². The minimum absolute atomic E-state index is 0.0295. The van der Waals surface area contributed by atoms with Gasteiger partial charge in [-0.25, -0.2) is 4.79 Å². The van der Waals surface area contributed by atoms with Gasteiger partial charge in [0.25, 0.3) is 0 Å². The molecule has 1 heterocycles. The van der Waals surface area contributed by atoms with Gasteiger partial charge in [-0.15, -0.1) is 5.10 Å². The number of carbonyl (C=O) groups is 1. The van der Waals surface area contributed by atoms with E-state index in [1.54, 1.807) is 24.3 Å². The number of benzene rings is 2. The van der Waals surface area contributed by atoms with E-state index in [1.807, 2.05) is 44.2 Å². The van der Waals surface area contributed by atoms with E-state index in [-0.39, 0.29) is 11.6 Å². The second kappa shape index (κ2) is 8.60. The highest BCUT2D eigenvalue weighted by atomic mass is 16.6. The summed E-state index contributed by atoms with van der Waals surface area (Å²) < 4.78 is 21.4. The Morgan fingerprint density at radius 1 is 1.00 bits per heavy atom. The molecule has 0 N–H and O–H groups in total. The summed E-state index contributed by atoms with van der Waals surface area (Å²) in [5, 5.41) is 8.16. The zero-order chi connectivity index (χ0) is 20.9. The van der Waals surface area contributed by atoms with Crippen LogP contribution in [0.4, 0.5) is 0 Å². The first-order chi connectivity index (χ1) is 14.0. The number of carbonyl (C=O) groups excluding carboxylic acids is 1. The van der Waals surface area contributed by atoms with Gasteiger partial charge in [0.1, 0.15) is 11.3 Å². The van der Waals surface area contributed by atoms with Gasteiger partial charge in [-0.1, -0.05) is 53.6 Å². The average molecular weight is 394 g/mol. The Labute approximate surface area is 168 Å². The van der Waals surface area contributed by atoms with Gasteiger partial charge < -0.3 is 18.6 Å². The summed E-state index contributed by atoms with van der Waals surface area (Å²) >= 11 is 0. The maximum Gasteiger partial charge on any atom is 0.420 e. The Bertz CT molecular complexity index is 1010. The van der Waals surface area contributed by atoms with Crippen LogP contribution in [0, 0.1) is 0 Å². The van der Waals surface area contributed by atoms with Crippen molar-refractivity contribution in [3.05, 3.63) is 77.9 Å². The topological polar surface area (TPSA) is 83.7 Å². The first-order valence-electron chi connectivity index (χ1n) is 8.95. The molecule has 1 aromatic heterocycles.